The average Bonchev–Trinajstić information content (AvgIpc) is 3.20. The van der Waals surface area contributed by atoms with Crippen molar-refractivity contribution in [3.63, 3.8) is 0 Å². The van der Waals surface area contributed by atoms with Gasteiger partial charge in [-0.2, -0.15) is 16.4 Å². The van der Waals surface area contributed by atoms with E-state index in [2.05, 4.69) is 6.07 Å². The highest BCUT2D eigenvalue weighted by atomic mass is 35.5. The maximum atomic E-state index is 12.6. The number of benzene rings is 1. The number of carbonyl (C=O) groups is 1. The highest BCUT2D eigenvalue weighted by Crippen LogP contribution is 2.24. The molecule has 0 atom stereocenters. The second-order valence-corrected chi connectivity index (χ2v) is 7.45. The monoisotopic (exact) mass is 371 g/mol. The Morgan fingerprint density at radius 1 is 1.24 bits per heavy atom. The third-order valence-corrected chi connectivity index (χ3v) is 5.39. The molecule has 0 radical (unpaired) electrons. The van der Waals surface area contributed by atoms with Crippen LogP contribution < -0.4 is 0 Å². The van der Waals surface area contributed by atoms with E-state index >= 15 is 0 Å². The SMILES string of the molecule is O=C(Cc1ccsc1)N1CCCn2nc(-c3cccc(Cl)c3)cc2C1. The lowest BCUT2D eigenvalue weighted by Gasteiger charge is -2.19. The summed E-state index contributed by atoms with van der Waals surface area (Å²) in [4.78, 5) is 14.6. The van der Waals surface area contributed by atoms with Crippen LogP contribution in [0.1, 0.15) is 17.7 Å². The molecule has 3 heterocycles. The first kappa shape index (κ1) is 16.4. The standard InChI is InChI=1S/C19H18ClN3OS/c20-16-4-1-3-15(10-16)18-11-17-12-22(6-2-7-23(17)21-18)19(24)9-14-5-8-25-13-14/h1,3-5,8,10-11,13H,2,6-7,9,12H2. The zero-order valence-electron chi connectivity index (χ0n) is 13.7. The first-order valence-corrected chi connectivity index (χ1v) is 9.62. The van der Waals surface area contributed by atoms with Crippen LogP contribution >= 0.6 is 22.9 Å². The quantitative estimate of drug-likeness (QED) is 0.690. The second-order valence-electron chi connectivity index (χ2n) is 6.23. The molecule has 25 heavy (non-hydrogen) atoms. The van der Waals surface area contributed by atoms with E-state index in [1.807, 2.05) is 50.7 Å². The van der Waals surface area contributed by atoms with Crippen LogP contribution in [0.5, 0.6) is 0 Å². The molecule has 128 valence electrons. The Balaban J connectivity index is 1.55. The number of aromatic nitrogens is 2. The van der Waals surface area contributed by atoms with Crippen molar-refractivity contribution < 1.29 is 4.79 Å². The maximum absolute atomic E-state index is 12.6. The molecule has 0 saturated carbocycles. The smallest absolute Gasteiger partial charge is 0.227 e. The van der Waals surface area contributed by atoms with Crippen molar-refractivity contribution in [2.24, 2.45) is 0 Å². The predicted molar refractivity (Wildman–Crippen MR) is 101 cm³/mol. The van der Waals surface area contributed by atoms with Crippen molar-refractivity contribution in [2.75, 3.05) is 6.54 Å². The van der Waals surface area contributed by atoms with Gasteiger partial charge in [-0.05, 0) is 47.0 Å². The summed E-state index contributed by atoms with van der Waals surface area (Å²) < 4.78 is 2.02. The number of carbonyl (C=O) groups excluding carboxylic acids is 1. The topological polar surface area (TPSA) is 38.1 Å². The molecule has 0 saturated heterocycles. The Kier molecular flexibility index (Phi) is 4.59. The average molecular weight is 372 g/mol. The van der Waals surface area contributed by atoms with Crippen molar-refractivity contribution in [3.05, 3.63) is 63.4 Å². The van der Waals surface area contributed by atoms with Crippen molar-refractivity contribution in [2.45, 2.75) is 25.9 Å². The number of rotatable bonds is 3. The number of hydrogen-bond acceptors (Lipinski definition) is 3. The number of nitrogens with zero attached hydrogens (tertiary/aromatic N) is 3. The number of amides is 1. The zero-order chi connectivity index (χ0) is 17.2. The highest BCUT2D eigenvalue weighted by Gasteiger charge is 2.21. The Labute approximate surface area is 155 Å². The van der Waals surface area contributed by atoms with Gasteiger partial charge in [0.2, 0.25) is 5.91 Å². The van der Waals surface area contributed by atoms with Gasteiger partial charge in [0.1, 0.15) is 0 Å². The van der Waals surface area contributed by atoms with Crippen molar-refractivity contribution in [1.29, 1.82) is 0 Å². The lowest BCUT2D eigenvalue weighted by Crippen LogP contribution is -2.31. The molecule has 4 nitrogen and oxygen atoms in total. The number of fused-ring (bicyclic) bond motifs is 1. The van der Waals surface area contributed by atoms with Crippen LogP contribution in [0.15, 0.2) is 47.2 Å². The van der Waals surface area contributed by atoms with Gasteiger partial charge in [0, 0.05) is 23.7 Å². The number of hydrogen-bond donors (Lipinski definition) is 0. The van der Waals surface area contributed by atoms with Gasteiger partial charge >= 0.3 is 0 Å². The van der Waals surface area contributed by atoms with E-state index in [4.69, 9.17) is 16.7 Å². The molecule has 0 bridgehead atoms. The second kappa shape index (κ2) is 7.02. The fourth-order valence-corrected chi connectivity index (χ4v) is 4.00. The van der Waals surface area contributed by atoms with E-state index in [9.17, 15) is 4.79 Å². The van der Waals surface area contributed by atoms with Crippen LogP contribution in [0.3, 0.4) is 0 Å². The molecule has 3 aromatic rings. The third kappa shape index (κ3) is 3.62. The van der Waals surface area contributed by atoms with Gasteiger partial charge in [0.05, 0.1) is 24.4 Å². The summed E-state index contributed by atoms with van der Waals surface area (Å²) in [6, 6.07) is 11.8. The summed E-state index contributed by atoms with van der Waals surface area (Å²) in [5, 5.41) is 9.47. The Morgan fingerprint density at radius 2 is 2.16 bits per heavy atom. The zero-order valence-corrected chi connectivity index (χ0v) is 15.3. The molecule has 1 aliphatic rings. The minimum absolute atomic E-state index is 0.178. The van der Waals surface area contributed by atoms with Gasteiger partial charge in [-0.15, -0.1) is 0 Å². The minimum atomic E-state index is 0.178. The largest absolute Gasteiger partial charge is 0.336 e. The maximum Gasteiger partial charge on any atom is 0.227 e. The third-order valence-electron chi connectivity index (χ3n) is 4.42. The molecular formula is C19H18ClN3OS. The van der Waals surface area contributed by atoms with Crippen LogP contribution in [0.4, 0.5) is 0 Å². The van der Waals surface area contributed by atoms with Gasteiger partial charge in [-0.25, -0.2) is 0 Å². The summed E-state index contributed by atoms with van der Waals surface area (Å²) in [7, 11) is 0. The summed E-state index contributed by atoms with van der Waals surface area (Å²) in [5.41, 5.74) is 4.08. The van der Waals surface area contributed by atoms with E-state index in [0.29, 0.717) is 18.0 Å². The summed E-state index contributed by atoms with van der Waals surface area (Å²) >= 11 is 7.72. The van der Waals surface area contributed by atoms with Crippen LogP contribution in [-0.4, -0.2) is 27.1 Å². The van der Waals surface area contributed by atoms with E-state index in [1.165, 1.54) is 0 Å². The molecule has 6 heteroatoms. The predicted octanol–water partition coefficient (Wildman–Crippen LogP) is 4.24. The van der Waals surface area contributed by atoms with Crippen molar-refractivity contribution >= 4 is 28.8 Å². The van der Waals surface area contributed by atoms with Crippen molar-refractivity contribution in [1.82, 2.24) is 14.7 Å². The van der Waals surface area contributed by atoms with Crippen LogP contribution in [0.25, 0.3) is 11.3 Å². The number of thiophene rings is 1. The van der Waals surface area contributed by atoms with Crippen LogP contribution in [0, 0.1) is 0 Å². The minimum Gasteiger partial charge on any atom is -0.336 e. The molecule has 4 rings (SSSR count). The molecule has 1 aromatic carbocycles. The van der Waals surface area contributed by atoms with E-state index in [1.54, 1.807) is 11.3 Å². The van der Waals surface area contributed by atoms with E-state index in [-0.39, 0.29) is 5.91 Å². The van der Waals surface area contributed by atoms with Gasteiger partial charge in [0.15, 0.2) is 0 Å². The number of aryl methyl sites for hydroxylation is 1. The van der Waals surface area contributed by atoms with Gasteiger partial charge < -0.3 is 4.90 Å². The molecular weight excluding hydrogens is 354 g/mol. The van der Waals surface area contributed by atoms with Crippen molar-refractivity contribution in [3.8, 4) is 11.3 Å². The summed E-state index contributed by atoms with van der Waals surface area (Å²) in [6.07, 6.45) is 1.39. The molecule has 1 aliphatic heterocycles. The van der Waals surface area contributed by atoms with Gasteiger partial charge in [0.25, 0.3) is 0 Å². The lowest BCUT2D eigenvalue weighted by molar-refractivity contribution is -0.131. The molecule has 0 aliphatic carbocycles. The van der Waals surface area contributed by atoms with E-state index < -0.39 is 0 Å². The molecule has 2 aromatic heterocycles. The first-order chi connectivity index (χ1) is 12.2. The fourth-order valence-electron chi connectivity index (χ4n) is 3.14. The first-order valence-electron chi connectivity index (χ1n) is 8.30. The lowest BCUT2D eigenvalue weighted by atomic mass is 10.1. The van der Waals surface area contributed by atoms with Gasteiger partial charge in [-0.3, -0.25) is 9.48 Å². The van der Waals surface area contributed by atoms with Gasteiger partial charge in [-0.1, -0.05) is 23.7 Å². The molecule has 0 spiro atoms. The van der Waals surface area contributed by atoms with E-state index in [0.717, 1.165) is 42.0 Å². The Morgan fingerprint density at radius 3 is 2.96 bits per heavy atom. The molecule has 0 fully saturated rings. The molecule has 0 N–H and O–H groups in total. The fraction of sp³-hybridized carbons (Fsp3) is 0.263. The Hall–Kier alpha value is -2.11. The normalized spacial score (nSPS) is 14.2. The summed E-state index contributed by atoms with van der Waals surface area (Å²) in [5.74, 6) is 0.178. The van der Waals surface area contributed by atoms with Crippen LogP contribution in [0.2, 0.25) is 5.02 Å². The molecule has 0 unspecified atom stereocenters. The van der Waals surface area contributed by atoms with Crippen LogP contribution in [-0.2, 0) is 24.3 Å². The number of halogens is 1. The summed E-state index contributed by atoms with van der Waals surface area (Å²) in [6.45, 7) is 2.22. The Bertz CT molecular complexity index is 888. The highest BCUT2D eigenvalue weighted by molar-refractivity contribution is 7.08. The molecule has 1 amide bonds.